The normalized spacial score (nSPS) is 20.2. The minimum absolute atomic E-state index is 0.133. The Morgan fingerprint density at radius 2 is 2.25 bits per heavy atom. The van der Waals surface area contributed by atoms with Crippen molar-refractivity contribution in [1.82, 2.24) is 0 Å². The average molecular weight is 293 g/mol. The number of benzene rings is 1. The maximum absolute atomic E-state index is 12.2. The van der Waals surface area contributed by atoms with Crippen molar-refractivity contribution in [3.05, 3.63) is 28.8 Å². The Morgan fingerprint density at radius 3 is 2.80 bits per heavy atom. The van der Waals surface area contributed by atoms with Crippen LogP contribution in [0.5, 0.6) is 0 Å². The van der Waals surface area contributed by atoms with Crippen LogP contribution in [0, 0.1) is 11.3 Å². The minimum Gasteiger partial charge on any atom is -0.467 e. The molecule has 1 aliphatic rings. The van der Waals surface area contributed by atoms with Gasteiger partial charge in [-0.25, -0.2) is 4.79 Å². The number of fused-ring (bicyclic) bond motifs is 1. The van der Waals surface area contributed by atoms with Crippen molar-refractivity contribution in [2.75, 3.05) is 12.0 Å². The van der Waals surface area contributed by atoms with Gasteiger partial charge in [-0.15, -0.1) is 0 Å². The van der Waals surface area contributed by atoms with Gasteiger partial charge in [0.1, 0.15) is 0 Å². The Balaban J connectivity index is 2.63. The van der Waals surface area contributed by atoms with Crippen LogP contribution in [-0.2, 0) is 20.7 Å². The van der Waals surface area contributed by atoms with E-state index >= 15 is 0 Å². The van der Waals surface area contributed by atoms with Gasteiger partial charge < -0.3 is 4.74 Å². The van der Waals surface area contributed by atoms with E-state index in [0.717, 1.165) is 5.56 Å². The van der Waals surface area contributed by atoms with Crippen molar-refractivity contribution in [2.45, 2.75) is 25.3 Å². The molecule has 1 amide bonds. The summed E-state index contributed by atoms with van der Waals surface area (Å²) in [7, 11) is 1.25. The lowest BCUT2D eigenvalue weighted by Gasteiger charge is -2.33. The second kappa shape index (κ2) is 5.14. The molecule has 1 aliphatic heterocycles. The van der Waals surface area contributed by atoms with E-state index in [0.29, 0.717) is 10.7 Å². The lowest BCUT2D eigenvalue weighted by Crippen LogP contribution is -2.55. The Hall–Kier alpha value is -2.06. The number of nitriles is 1. The van der Waals surface area contributed by atoms with Gasteiger partial charge in [0.2, 0.25) is 5.91 Å². The number of hydrogen-bond donors (Lipinski definition) is 0. The number of ether oxygens (including phenoxy) is 1. The molecule has 5 nitrogen and oxygen atoms in total. The highest BCUT2D eigenvalue weighted by Crippen LogP contribution is 2.42. The van der Waals surface area contributed by atoms with E-state index < -0.39 is 11.5 Å². The fourth-order valence-electron chi connectivity index (χ4n) is 2.71. The van der Waals surface area contributed by atoms with Crippen LogP contribution in [0.3, 0.4) is 0 Å². The van der Waals surface area contributed by atoms with E-state index in [-0.39, 0.29) is 18.7 Å². The van der Waals surface area contributed by atoms with E-state index in [1.807, 2.05) is 6.07 Å². The Bertz CT molecular complexity index is 623. The third kappa shape index (κ3) is 2.02. The molecule has 0 N–H and O–H groups in total. The summed E-state index contributed by atoms with van der Waals surface area (Å²) >= 11 is 5.95. The SMILES string of the molecule is COC(=O)C1(CC#N)Cc2cc(Cl)ccc2N1C(C)=O. The zero-order valence-electron chi connectivity index (χ0n) is 11.1. The molecule has 0 radical (unpaired) electrons. The molecule has 1 unspecified atom stereocenters. The lowest BCUT2D eigenvalue weighted by atomic mass is 9.91. The number of carbonyl (C=O) groups is 2. The lowest BCUT2D eigenvalue weighted by molar-refractivity contribution is -0.148. The molecule has 0 aromatic heterocycles. The quantitative estimate of drug-likeness (QED) is 0.783. The average Bonchev–Trinajstić information content (AvgIpc) is 2.72. The maximum Gasteiger partial charge on any atom is 0.333 e. The highest BCUT2D eigenvalue weighted by Gasteiger charge is 2.52. The number of anilines is 1. The van der Waals surface area contributed by atoms with Gasteiger partial charge in [-0.3, -0.25) is 9.69 Å². The first-order valence-electron chi connectivity index (χ1n) is 6.01. The first kappa shape index (κ1) is 14.4. The van der Waals surface area contributed by atoms with Gasteiger partial charge in [-0.05, 0) is 23.8 Å². The van der Waals surface area contributed by atoms with Crippen LogP contribution in [0.4, 0.5) is 5.69 Å². The molecule has 0 spiro atoms. The highest BCUT2D eigenvalue weighted by atomic mass is 35.5. The second-order valence-corrected chi connectivity index (χ2v) is 5.10. The Morgan fingerprint density at radius 1 is 1.55 bits per heavy atom. The van der Waals surface area contributed by atoms with Gasteiger partial charge >= 0.3 is 5.97 Å². The molecule has 1 aromatic carbocycles. The van der Waals surface area contributed by atoms with Crippen LogP contribution >= 0.6 is 11.6 Å². The monoisotopic (exact) mass is 292 g/mol. The summed E-state index contributed by atoms with van der Waals surface area (Å²) in [5, 5.41) is 9.57. The minimum atomic E-state index is -1.30. The largest absolute Gasteiger partial charge is 0.467 e. The number of amides is 1. The number of halogens is 1. The van der Waals surface area contributed by atoms with Gasteiger partial charge in [-0.2, -0.15) is 5.26 Å². The molecular weight excluding hydrogens is 280 g/mol. The van der Waals surface area contributed by atoms with Crippen molar-refractivity contribution >= 4 is 29.2 Å². The van der Waals surface area contributed by atoms with Crippen LogP contribution in [0.1, 0.15) is 18.9 Å². The standard InChI is InChI=1S/C14H13ClN2O3/c1-9(18)17-12-4-3-11(15)7-10(12)8-14(17,5-6-16)13(19)20-2/h3-4,7H,5,8H2,1-2H3. The summed E-state index contributed by atoms with van der Waals surface area (Å²) in [5.74, 6) is -0.909. The summed E-state index contributed by atoms with van der Waals surface area (Å²) in [5.41, 5.74) is 0.0541. The predicted molar refractivity (Wildman–Crippen MR) is 73.3 cm³/mol. The molecule has 1 heterocycles. The number of rotatable bonds is 2. The smallest absolute Gasteiger partial charge is 0.333 e. The first-order valence-corrected chi connectivity index (χ1v) is 6.38. The molecular formula is C14H13ClN2O3. The van der Waals surface area contributed by atoms with Crippen LogP contribution in [0.25, 0.3) is 0 Å². The molecule has 0 saturated heterocycles. The summed E-state index contributed by atoms with van der Waals surface area (Å²) < 4.78 is 4.82. The fourth-order valence-corrected chi connectivity index (χ4v) is 2.90. The van der Waals surface area contributed by atoms with Crippen LogP contribution in [0.2, 0.25) is 5.02 Å². The molecule has 0 saturated carbocycles. The van der Waals surface area contributed by atoms with Crippen molar-refractivity contribution in [2.24, 2.45) is 0 Å². The van der Waals surface area contributed by atoms with Crippen molar-refractivity contribution in [1.29, 1.82) is 5.26 Å². The van der Waals surface area contributed by atoms with E-state index in [1.54, 1.807) is 18.2 Å². The van der Waals surface area contributed by atoms with Crippen molar-refractivity contribution in [3.8, 4) is 6.07 Å². The maximum atomic E-state index is 12.2. The van der Waals surface area contributed by atoms with E-state index in [9.17, 15) is 9.59 Å². The predicted octanol–water partition coefficient (Wildman–Crippen LogP) is 2.07. The van der Waals surface area contributed by atoms with E-state index in [2.05, 4.69) is 0 Å². The third-order valence-electron chi connectivity index (χ3n) is 3.45. The zero-order chi connectivity index (χ0) is 14.9. The topological polar surface area (TPSA) is 70.4 Å². The summed E-state index contributed by atoms with van der Waals surface area (Å²) in [6.07, 6.45) is 0.0915. The van der Waals surface area contributed by atoms with Crippen molar-refractivity contribution < 1.29 is 14.3 Å². The molecule has 1 atom stereocenters. The highest BCUT2D eigenvalue weighted by molar-refractivity contribution is 6.30. The van der Waals surface area contributed by atoms with Gasteiger partial charge in [0, 0.05) is 24.1 Å². The van der Waals surface area contributed by atoms with Crippen LogP contribution < -0.4 is 4.90 Å². The molecule has 6 heteroatoms. The van der Waals surface area contributed by atoms with Crippen molar-refractivity contribution in [3.63, 3.8) is 0 Å². The molecule has 0 aliphatic carbocycles. The first-order chi connectivity index (χ1) is 9.46. The van der Waals surface area contributed by atoms with E-state index in [4.69, 9.17) is 21.6 Å². The van der Waals surface area contributed by atoms with Gasteiger partial charge in [0.05, 0.1) is 19.6 Å². The van der Waals surface area contributed by atoms with Crippen LogP contribution in [0.15, 0.2) is 18.2 Å². The van der Waals surface area contributed by atoms with E-state index in [1.165, 1.54) is 18.9 Å². The summed E-state index contributed by atoms with van der Waals surface area (Å²) in [6, 6.07) is 7.01. The number of carbonyl (C=O) groups excluding carboxylic acids is 2. The number of hydrogen-bond acceptors (Lipinski definition) is 4. The molecule has 0 fully saturated rings. The molecule has 2 rings (SSSR count). The number of esters is 1. The molecule has 1 aromatic rings. The number of nitrogens with zero attached hydrogens (tertiary/aromatic N) is 2. The molecule has 20 heavy (non-hydrogen) atoms. The summed E-state index contributed by atoms with van der Waals surface area (Å²) in [6.45, 7) is 1.36. The summed E-state index contributed by atoms with van der Waals surface area (Å²) in [4.78, 5) is 25.5. The third-order valence-corrected chi connectivity index (χ3v) is 3.68. The Kier molecular flexibility index (Phi) is 3.69. The van der Waals surface area contributed by atoms with Gasteiger partial charge in [-0.1, -0.05) is 11.6 Å². The zero-order valence-corrected chi connectivity index (χ0v) is 11.9. The van der Waals surface area contributed by atoms with Gasteiger partial charge in [0.25, 0.3) is 0 Å². The fraction of sp³-hybridized carbons (Fsp3) is 0.357. The molecule has 104 valence electrons. The Labute approximate surface area is 121 Å². The van der Waals surface area contributed by atoms with Crippen LogP contribution in [-0.4, -0.2) is 24.5 Å². The second-order valence-electron chi connectivity index (χ2n) is 4.66. The number of methoxy groups -OCH3 is 1. The molecule has 0 bridgehead atoms. The van der Waals surface area contributed by atoms with Gasteiger partial charge in [0.15, 0.2) is 5.54 Å².